The number of hydrogen-bond donors (Lipinski definition) is 4. The molecule has 0 amide bonds. The lowest BCUT2D eigenvalue weighted by molar-refractivity contribution is -0.294. The van der Waals surface area contributed by atoms with E-state index in [1.807, 2.05) is 13.8 Å². The van der Waals surface area contributed by atoms with Gasteiger partial charge in [-0.2, -0.15) is 0 Å². The van der Waals surface area contributed by atoms with Gasteiger partial charge in [0.1, 0.15) is 30.5 Å². The molecule has 0 bridgehead atoms. The van der Waals surface area contributed by atoms with E-state index in [4.69, 9.17) is 14.2 Å². The predicted octanol–water partition coefficient (Wildman–Crippen LogP) is 5.37. The molecule has 0 spiro atoms. The summed E-state index contributed by atoms with van der Waals surface area (Å²) >= 11 is 0. The Hall–Kier alpha value is -1.78. The molecular formula is C38H60O9. The summed E-state index contributed by atoms with van der Waals surface area (Å²) in [5, 5.41) is 40.9. The van der Waals surface area contributed by atoms with Crippen molar-refractivity contribution in [3.63, 3.8) is 0 Å². The minimum Gasteiger partial charge on any atom is -0.462 e. The zero-order valence-corrected chi connectivity index (χ0v) is 29.9. The molecule has 1 saturated heterocycles. The van der Waals surface area contributed by atoms with Crippen molar-refractivity contribution in [2.45, 2.75) is 156 Å². The Morgan fingerprint density at radius 2 is 1.60 bits per heavy atom. The average molecular weight is 661 g/mol. The molecule has 8 unspecified atom stereocenters. The fraction of sp³-hybridized carbons (Fsp3) is 0.842. The number of carbonyl (C=O) groups excluding carboxylic acids is 2. The van der Waals surface area contributed by atoms with Gasteiger partial charge in [0.05, 0.1) is 12.5 Å². The second-order valence-corrected chi connectivity index (χ2v) is 16.9. The summed E-state index contributed by atoms with van der Waals surface area (Å²) in [7, 11) is 0. The number of esters is 2. The molecular weight excluding hydrogens is 600 g/mol. The second kappa shape index (κ2) is 13.2. The van der Waals surface area contributed by atoms with E-state index in [0.717, 1.165) is 51.4 Å². The van der Waals surface area contributed by atoms with Gasteiger partial charge >= 0.3 is 11.9 Å². The lowest BCUT2D eigenvalue weighted by atomic mass is 9.43. The lowest BCUT2D eigenvalue weighted by Crippen LogP contribution is -2.59. The number of ether oxygens (including phenoxy) is 3. The van der Waals surface area contributed by atoms with Crippen LogP contribution in [0.25, 0.3) is 0 Å². The summed E-state index contributed by atoms with van der Waals surface area (Å²) < 4.78 is 17.3. The molecule has 5 rings (SSSR count). The maximum Gasteiger partial charge on any atom is 0.311 e. The maximum atomic E-state index is 14.1. The first-order valence-electron chi connectivity index (χ1n) is 18.0. The van der Waals surface area contributed by atoms with Crippen molar-refractivity contribution < 1.29 is 44.2 Å². The van der Waals surface area contributed by atoms with E-state index in [-0.39, 0.29) is 39.7 Å². The van der Waals surface area contributed by atoms with Gasteiger partial charge in [0, 0.05) is 12.3 Å². The van der Waals surface area contributed by atoms with E-state index in [2.05, 4.69) is 40.7 Å². The summed E-state index contributed by atoms with van der Waals surface area (Å²) in [6.45, 7) is 16.8. The van der Waals surface area contributed by atoms with Crippen molar-refractivity contribution >= 4 is 11.9 Å². The summed E-state index contributed by atoms with van der Waals surface area (Å²) in [6, 6.07) is 0. The van der Waals surface area contributed by atoms with Gasteiger partial charge in [-0.3, -0.25) is 9.59 Å². The van der Waals surface area contributed by atoms with Crippen molar-refractivity contribution in [2.75, 3.05) is 6.61 Å². The topological polar surface area (TPSA) is 143 Å². The normalized spacial score (nSPS) is 43.2. The molecule has 0 radical (unpaired) electrons. The number of fused-ring (bicyclic) bond motifs is 4. The van der Waals surface area contributed by atoms with E-state index >= 15 is 0 Å². The molecule has 0 aromatic heterocycles. The largest absolute Gasteiger partial charge is 0.462 e. The van der Waals surface area contributed by atoms with Crippen LogP contribution in [0, 0.1) is 39.4 Å². The number of allylic oxidation sites excluding steroid dienone is 4. The van der Waals surface area contributed by atoms with Gasteiger partial charge in [0.2, 0.25) is 6.29 Å². The van der Waals surface area contributed by atoms with Gasteiger partial charge in [-0.15, -0.1) is 0 Å². The highest BCUT2D eigenvalue weighted by Gasteiger charge is 2.64. The van der Waals surface area contributed by atoms with Crippen molar-refractivity contribution in [3.05, 3.63) is 22.8 Å². The van der Waals surface area contributed by atoms with Gasteiger partial charge in [-0.05, 0) is 106 Å². The van der Waals surface area contributed by atoms with E-state index in [1.165, 1.54) is 12.5 Å². The monoisotopic (exact) mass is 660 g/mol. The number of rotatable bonds is 8. The van der Waals surface area contributed by atoms with Gasteiger partial charge in [0.15, 0.2) is 0 Å². The number of aliphatic hydroxyl groups is 4. The minimum absolute atomic E-state index is 0.0427. The van der Waals surface area contributed by atoms with Crippen LogP contribution in [0.4, 0.5) is 0 Å². The number of hydrogen-bond acceptors (Lipinski definition) is 9. The lowest BCUT2D eigenvalue weighted by Gasteiger charge is -2.62. The molecule has 9 nitrogen and oxygen atoms in total. The Bertz CT molecular complexity index is 1270. The van der Waals surface area contributed by atoms with Crippen LogP contribution in [-0.2, 0) is 23.8 Å². The van der Waals surface area contributed by atoms with Gasteiger partial charge in [-0.1, -0.05) is 57.4 Å². The van der Waals surface area contributed by atoms with E-state index in [0.29, 0.717) is 18.8 Å². The quantitative estimate of drug-likeness (QED) is 0.200. The van der Waals surface area contributed by atoms with Crippen LogP contribution in [0.2, 0.25) is 0 Å². The highest BCUT2D eigenvalue weighted by atomic mass is 16.7. The van der Waals surface area contributed by atoms with Crippen LogP contribution in [0.3, 0.4) is 0 Å². The molecule has 2 saturated carbocycles. The summed E-state index contributed by atoms with van der Waals surface area (Å²) in [4.78, 5) is 26.1. The summed E-state index contributed by atoms with van der Waals surface area (Å²) in [5.74, 6) is -0.650. The maximum absolute atomic E-state index is 14.1. The molecule has 266 valence electrons. The summed E-state index contributed by atoms with van der Waals surface area (Å²) in [6.07, 6.45) is 3.77. The standard InChI is InChI=1S/C38H60O9/c1-21(2)10-9-11-23(33(44)47-34-32(43)31(42)30(41)27(20-39)46-34)24-14-18-38(8)26-12-13-28-35(4,5)29(45-22(3)40)16-17-36(28,6)25(26)15-19-37(24,38)7/h10,23-24,27-32,34,39,41-43H,9,11-20H2,1-8H3/t23-,24?,27?,28+,29-,30?,31?,32?,34?,36?,37?,38+/m1/s1. The van der Waals surface area contributed by atoms with Crippen LogP contribution < -0.4 is 0 Å². The molecule has 5 aliphatic rings. The Kier molecular flexibility index (Phi) is 10.2. The van der Waals surface area contributed by atoms with Gasteiger partial charge < -0.3 is 34.6 Å². The Labute approximate surface area is 281 Å². The molecule has 12 atom stereocenters. The van der Waals surface area contributed by atoms with Crippen molar-refractivity contribution in [2.24, 2.45) is 39.4 Å². The zero-order chi connectivity index (χ0) is 34.7. The molecule has 9 heteroatoms. The van der Waals surface area contributed by atoms with E-state index in [1.54, 1.807) is 11.1 Å². The third kappa shape index (κ3) is 6.04. The molecule has 4 N–H and O–H groups in total. The summed E-state index contributed by atoms with van der Waals surface area (Å²) in [5.41, 5.74) is 4.06. The average Bonchev–Trinajstić information content (AvgIpc) is 3.27. The predicted molar refractivity (Wildman–Crippen MR) is 177 cm³/mol. The van der Waals surface area contributed by atoms with Crippen LogP contribution in [-0.4, -0.2) is 75.8 Å². The SMILES string of the molecule is CC(=O)O[C@@H]1CCC2(C)C3=C(CC[C@H]2C1(C)C)[C@]1(C)CCC([C@@H](CCC=C(C)C)C(=O)OC2OC(CO)C(O)C(O)C2O)C1(C)CC3. The number of aliphatic hydroxyl groups excluding tert-OH is 4. The highest BCUT2D eigenvalue weighted by molar-refractivity contribution is 5.73. The third-order valence-corrected chi connectivity index (χ3v) is 14.0. The minimum atomic E-state index is -1.63. The van der Waals surface area contributed by atoms with Crippen molar-refractivity contribution in [1.29, 1.82) is 0 Å². The second-order valence-electron chi connectivity index (χ2n) is 16.9. The highest BCUT2D eigenvalue weighted by Crippen LogP contribution is 2.72. The fourth-order valence-corrected chi connectivity index (χ4v) is 11.2. The first kappa shape index (κ1) is 36.5. The van der Waals surface area contributed by atoms with Crippen LogP contribution in [0.1, 0.15) is 120 Å². The first-order valence-corrected chi connectivity index (χ1v) is 18.0. The van der Waals surface area contributed by atoms with Crippen LogP contribution in [0.5, 0.6) is 0 Å². The van der Waals surface area contributed by atoms with Gasteiger partial charge in [0.25, 0.3) is 0 Å². The molecule has 1 aliphatic heterocycles. The van der Waals surface area contributed by atoms with Gasteiger partial charge in [-0.25, -0.2) is 0 Å². The van der Waals surface area contributed by atoms with Crippen molar-refractivity contribution in [3.8, 4) is 0 Å². The molecule has 3 fully saturated rings. The van der Waals surface area contributed by atoms with E-state index < -0.39 is 49.2 Å². The van der Waals surface area contributed by atoms with Crippen LogP contribution in [0.15, 0.2) is 22.8 Å². The molecule has 1 heterocycles. The van der Waals surface area contributed by atoms with Crippen molar-refractivity contribution in [1.82, 2.24) is 0 Å². The third-order valence-electron chi connectivity index (χ3n) is 14.0. The first-order chi connectivity index (χ1) is 21.9. The van der Waals surface area contributed by atoms with Crippen LogP contribution >= 0.6 is 0 Å². The Balaban J connectivity index is 1.44. The fourth-order valence-electron chi connectivity index (χ4n) is 11.2. The molecule has 4 aliphatic carbocycles. The Morgan fingerprint density at radius 3 is 2.23 bits per heavy atom. The molecule has 47 heavy (non-hydrogen) atoms. The molecule has 0 aromatic carbocycles. The smallest absolute Gasteiger partial charge is 0.311 e. The Morgan fingerprint density at radius 1 is 0.894 bits per heavy atom. The molecule has 0 aromatic rings. The zero-order valence-electron chi connectivity index (χ0n) is 29.9. The number of carbonyl (C=O) groups is 2. The van der Waals surface area contributed by atoms with E-state index in [9.17, 15) is 30.0 Å².